The van der Waals surface area contributed by atoms with Crippen molar-refractivity contribution < 1.29 is 78.7 Å². The van der Waals surface area contributed by atoms with Gasteiger partial charge in [0.1, 0.15) is 54.9 Å². The molecular formula is C43H68O16. The number of allylic oxidation sites excluding steroid dienone is 1. The Labute approximate surface area is 346 Å². The zero-order valence-corrected chi connectivity index (χ0v) is 34.9. The average molecular weight is 841 g/mol. The van der Waals surface area contributed by atoms with Gasteiger partial charge in [-0.05, 0) is 80.5 Å². The molecule has 16 nitrogen and oxygen atoms in total. The molecule has 0 amide bonds. The van der Waals surface area contributed by atoms with E-state index in [1.807, 2.05) is 0 Å². The summed E-state index contributed by atoms with van der Waals surface area (Å²) >= 11 is 0. The van der Waals surface area contributed by atoms with E-state index in [-0.39, 0.29) is 36.6 Å². The Morgan fingerprint density at radius 1 is 0.695 bits per heavy atom. The van der Waals surface area contributed by atoms with Crippen molar-refractivity contribution >= 4 is 0 Å². The van der Waals surface area contributed by atoms with Gasteiger partial charge in [0, 0.05) is 24.2 Å². The molecule has 9 rings (SSSR count). The molecule has 5 saturated heterocycles. The molecule has 336 valence electrons. The van der Waals surface area contributed by atoms with Crippen molar-refractivity contribution in [2.75, 3.05) is 19.8 Å². The van der Waals surface area contributed by atoms with Gasteiger partial charge in [0.2, 0.25) is 0 Å². The lowest BCUT2D eigenvalue weighted by molar-refractivity contribution is -0.382. The second-order valence-electron chi connectivity index (χ2n) is 20.3. The molecule has 8 fully saturated rings. The van der Waals surface area contributed by atoms with Gasteiger partial charge in [-0.2, -0.15) is 0 Å². The Morgan fingerprint density at radius 2 is 1.41 bits per heavy atom. The number of aliphatic hydroxyl groups is 8. The lowest BCUT2D eigenvalue weighted by Crippen LogP contribution is -2.65. The Bertz CT molecular complexity index is 1540. The van der Waals surface area contributed by atoms with Crippen molar-refractivity contribution in [1.29, 1.82) is 0 Å². The Hall–Kier alpha value is -0.900. The standard InChI is InChI=1S/C43H68O16/c1-18-8-11-43(54-15-18)19(2)30-28(59-43)14-25-23-7-6-21-12-22(44)13-29(42(21,5)24(23)9-10-41(25,30)4)56-40-37(58-39-35(51)33(49)31(47)20(3)55-39)36(27(46)17-53-40)57-38-34(50)32(48)26(45)16-52-38/h6,18-20,22-40,44-51H,7-17H2,1-5H3/t18-,19+,20+,22-,23?,24?,25?,26-,27+,28?,29-,30?,31+,32+,33-,34+,35-,36+,37-,38+,39+,40+,41+,42+,43-/m1/s1. The molecule has 3 saturated carbocycles. The molecule has 5 unspecified atom stereocenters. The van der Waals surface area contributed by atoms with E-state index in [0.717, 1.165) is 50.7 Å². The number of fused-ring (bicyclic) bond motifs is 7. The zero-order valence-electron chi connectivity index (χ0n) is 34.9. The molecule has 9 aliphatic rings. The Kier molecular flexibility index (Phi) is 11.7. The van der Waals surface area contributed by atoms with Crippen LogP contribution < -0.4 is 0 Å². The summed E-state index contributed by atoms with van der Waals surface area (Å²) in [5.74, 6) is 1.70. The molecule has 4 aliphatic carbocycles. The zero-order chi connectivity index (χ0) is 41.9. The number of hydrogen-bond donors (Lipinski definition) is 8. The number of aliphatic hydroxyl groups excluding tert-OH is 8. The predicted octanol–water partition coefficient (Wildman–Crippen LogP) is 0.463. The highest BCUT2D eigenvalue weighted by molar-refractivity contribution is 5.29. The smallest absolute Gasteiger partial charge is 0.187 e. The maximum Gasteiger partial charge on any atom is 0.187 e. The molecule has 16 heteroatoms. The van der Waals surface area contributed by atoms with Crippen molar-refractivity contribution in [3.05, 3.63) is 11.6 Å². The van der Waals surface area contributed by atoms with Gasteiger partial charge in [-0.3, -0.25) is 0 Å². The maximum absolute atomic E-state index is 11.4. The van der Waals surface area contributed by atoms with Crippen LogP contribution in [-0.4, -0.2) is 165 Å². The lowest BCUT2D eigenvalue weighted by atomic mass is 9.46. The minimum atomic E-state index is -1.71. The van der Waals surface area contributed by atoms with Crippen molar-refractivity contribution in [2.45, 2.75) is 190 Å². The first kappa shape index (κ1) is 43.4. The van der Waals surface area contributed by atoms with Crippen LogP contribution in [0.5, 0.6) is 0 Å². The van der Waals surface area contributed by atoms with Gasteiger partial charge in [-0.1, -0.05) is 39.3 Å². The highest BCUT2D eigenvalue weighted by Crippen LogP contribution is 2.71. The predicted molar refractivity (Wildman–Crippen MR) is 204 cm³/mol. The van der Waals surface area contributed by atoms with Gasteiger partial charge in [-0.15, -0.1) is 0 Å². The van der Waals surface area contributed by atoms with E-state index in [2.05, 4.69) is 33.8 Å². The molecule has 5 heterocycles. The topological polar surface area (TPSA) is 236 Å². The second-order valence-corrected chi connectivity index (χ2v) is 20.3. The van der Waals surface area contributed by atoms with E-state index in [1.165, 1.54) is 6.92 Å². The third kappa shape index (κ3) is 7.02. The summed E-state index contributed by atoms with van der Waals surface area (Å²) in [4.78, 5) is 0. The van der Waals surface area contributed by atoms with Gasteiger partial charge in [0.05, 0.1) is 44.2 Å². The summed E-state index contributed by atoms with van der Waals surface area (Å²) in [6.45, 7) is 10.9. The van der Waals surface area contributed by atoms with Crippen LogP contribution in [0.15, 0.2) is 11.6 Å². The quantitative estimate of drug-likeness (QED) is 0.170. The first-order chi connectivity index (χ1) is 28.0. The van der Waals surface area contributed by atoms with Crippen molar-refractivity contribution in [1.82, 2.24) is 0 Å². The van der Waals surface area contributed by atoms with Crippen molar-refractivity contribution in [2.24, 2.45) is 46.3 Å². The number of rotatable bonds is 6. The number of hydrogen-bond acceptors (Lipinski definition) is 16. The van der Waals surface area contributed by atoms with E-state index >= 15 is 0 Å². The second kappa shape index (κ2) is 16.0. The molecule has 8 N–H and O–H groups in total. The van der Waals surface area contributed by atoms with E-state index in [4.69, 9.17) is 37.9 Å². The van der Waals surface area contributed by atoms with E-state index in [9.17, 15) is 40.9 Å². The summed E-state index contributed by atoms with van der Waals surface area (Å²) in [5, 5.41) is 86.2. The van der Waals surface area contributed by atoms with Crippen LogP contribution in [0.1, 0.15) is 86.0 Å². The molecule has 1 spiro atoms. The fraction of sp³-hybridized carbons (Fsp3) is 0.953. The average Bonchev–Trinajstić information content (AvgIpc) is 3.65. The minimum Gasteiger partial charge on any atom is -0.393 e. The minimum absolute atomic E-state index is 0.0744. The molecule has 5 aliphatic heterocycles. The molecular weight excluding hydrogens is 772 g/mol. The first-order valence-corrected chi connectivity index (χ1v) is 22.3. The Morgan fingerprint density at radius 3 is 2.15 bits per heavy atom. The summed E-state index contributed by atoms with van der Waals surface area (Å²) in [5.41, 5.74) is 0.698. The third-order valence-electron chi connectivity index (χ3n) is 17.0. The van der Waals surface area contributed by atoms with Crippen LogP contribution >= 0.6 is 0 Å². The van der Waals surface area contributed by atoms with Crippen LogP contribution in [0.2, 0.25) is 0 Å². The lowest BCUT2D eigenvalue weighted by Gasteiger charge is -2.60. The van der Waals surface area contributed by atoms with Gasteiger partial charge in [0.15, 0.2) is 24.7 Å². The molecule has 0 radical (unpaired) electrons. The van der Waals surface area contributed by atoms with Gasteiger partial charge in [0.25, 0.3) is 0 Å². The molecule has 0 aromatic heterocycles. The molecule has 25 atom stereocenters. The molecule has 59 heavy (non-hydrogen) atoms. The fourth-order valence-electron chi connectivity index (χ4n) is 13.6. The van der Waals surface area contributed by atoms with Gasteiger partial charge in [-0.25, -0.2) is 0 Å². The monoisotopic (exact) mass is 840 g/mol. The Balaban J connectivity index is 0.993. The van der Waals surface area contributed by atoms with Crippen LogP contribution in [0.4, 0.5) is 0 Å². The maximum atomic E-state index is 11.4. The van der Waals surface area contributed by atoms with Crippen molar-refractivity contribution in [3.8, 4) is 0 Å². The van der Waals surface area contributed by atoms with Crippen LogP contribution in [0.25, 0.3) is 0 Å². The normalized spacial score (nSPS) is 58.7. The number of ether oxygens (including phenoxy) is 8. The van der Waals surface area contributed by atoms with Crippen molar-refractivity contribution in [3.63, 3.8) is 0 Å². The largest absolute Gasteiger partial charge is 0.393 e. The van der Waals surface area contributed by atoms with E-state index in [1.54, 1.807) is 0 Å². The van der Waals surface area contributed by atoms with Gasteiger partial charge < -0.3 is 78.7 Å². The third-order valence-corrected chi connectivity index (χ3v) is 17.0. The van der Waals surface area contributed by atoms with Crippen LogP contribution in [0, 0.1) is 46.3 Å². The van der Waals surface area contributed by atoms with E-state index < -0.39 is 103 Å². The SMILES string of the molecule is C[C@@H]1CC[C@@]2(OC1)OC1CC3C4CC=C5C[C@@H](O)C[C@@H](O[C@@H]6OC[C@H](O)[C@H](O[C@@H]7OC[C@@H](O)[C@H](O)[C@@H]7O)[C@H]6O[C@@H]6O[C@@H](C)[C@H](O)[C@@H](O)[C@H]6O)[C@]5(C)C4CC[C@]3(C)C1[C@@H]2C. The van der Waals surface area contributed by atoms with E-state index in [0.29, 0.717) is 36.5 Å². The summed E-state index contributed by atoms with van der Waals surface area (Å²) in [7, 11) is 0. The highest BCUT2D eigenvalue weighted by Gasteiger charge is 2.69. The molecule has 0 bridgehead atoms. The highest BCUT2D eigenvalue weighted by atomic mass is 16.8. The summed E-state index contributed by atoms with van der Waals surface area (Å²) in [6, 6.07) is 0. The fourth-order valence-corrected chi connectivity index (χ4v) is 13.6. The van der Waals surface area contributed by atoms with Crippen LogP contribution in [0.3, 0.4) is 0 Å². The van der Waals surface area contributed by atoms with Crippen LogP contribution in [-0.2, 0) is 37.9 Å². The summed E-state index contributed by atoms with van der Waals surface area (Å²) < 4.78 is 50.6. The molecule has 0 aromatic rings. The summed E-state index contributed by atoms with van der Waals surface area (Å²) in [6.07, 6.45) is -10.9. The molecule has 0 aromatic carbocycles. The first-order valence-electron chi connectivity index (χ1n) is 22.3. The van der Waals surface area contributed by atoms with Gasteiger partial charge >= 0.3 is 0 Å².